The quantitative estimate of drug-likeness (QED) is 0.851. The van der Waals surface area contributed by atoms with Gasteiger partial charge < -0.3 is 20.3 Å². The minimum Gasteiger partial charge on any atom is -0.486 e. The van der Waals surface area contributed by atoms with Crippen molar-refractivity contribution in [3.63, 3.8) is 0 Å². The summed E-state index contributed by atoms with van der Waals surface area (Å²) < 4.78 is 10.7. The molecule has 1 aliphatic heterocycles. The molecule has 0 radical (unpaired) electrons. The molecule has 1 aromatic rings. The number of fused-ring (bicyclic) bond motifs is 1. The van der Waals surface area contributed by atoms with Crippen LogP contribution in [0.25, 0.3) is 0 Å². The maximum Gasteiger partial charge on any atom is 0.312 e. The third-order valence-electron chi connectivity index (χ3n) is 2.57. The van der Waals surface area contributed by atoms with Crippen LogP contribution in [-0.2, 0) is 4.79 Å². The van der Waals surface area contributed by atoms with E-state index in [2.05, 4.69) is 0 Å². The van der Waals surface area contributed by atoms with Crippen molar-refractivity contribution in [3.8, 4) is 11.5 Å². The van der Waals surface area contributed by atoms with Crippen molar-refractivity contribution in [2.45, 2.75) is 5.92 Å². The highest BCUT2D eigenvalue weighted by Crippen LogP contribution is 2.38. The van der Waals surface area contributed by atoms with Crippen molar-refractivity contribution in [3.05, 3.63) is 22.7 Å². The molecule has 17 heavy (non-hydrogen) atoms. The summed E-state index contributed by atoms with van der Waals surface area (Å²) in [4.78, 5) is 11.0. The number of carboxylic acids is 1. The van der Waals surface area contributed by atoms with Gasteiger partial charge in [-0.3, -0.25) is 4.79 Å². The second-order valence-corrected chi connectivity index (χ2v) is 4.05. The first-order valence-corrected chi connectivity index (χ1v) is 5.53. The molecule has 0 amide bonds. The fraction of sp³-hybridized carbons (Fsp3) is 0.364. The standard InChI is InChI=1S/C11H12ClNO4/c12-8-4-10-9(16-1-2-17-10)3-6(8)7(5-13)11(14)15/h3-4,7H,1-2,5,13H2,(H,14,15). The predicted octanol–water partition coefficient (Wildman–Crippen LogP) is 1.24. The zero-order valence-electron chi connectivity index (χ0n) is 8.98. The van der Waals surface area contributed by atoms with Crippen molar-refractivity contribution in [1.82, 2.24) is 0 Å². The molecule has 0 saturated carbocycles. The van der Waals surface area contributed by atoms with Gasteiger partial charge in [-0.15, -0.1) is 0 Å². The van der Waals surface area contributed by atoms with Gasteiger partial charge in [-0.05, 0) is 11.6 Å². The number of rotatable bonds is 3. The Hall–Kier alpha value is -1.46. The summed E-state index contributed by atoms with van der Waals surface area (Å²) in [5.74, 6) is -0.800. The molecule has 0 aromatic heterocycles. The molecule has 3 N–H and O–H groups in total. The third-order valence-corrected chi connectivity index (χ3v) is 2.90. The summed E-state index contributed by atoms with van der Waals surface area (Å²) in [7, 11) is 0. The Morgan fingerprint density at radius 2 is 2.00 bits per heavy atom. The predicted molar refractivity (Wildman–Crippen MR) is 61.9 cm³/mol. The van der Waals surface area contributed by atoms with Gasteiger partial charge in [0.1, 0.15) is 13.2 Å². The van der Waals surface area contributed by atoms with E-state index in [0.717, 1.165) is 0 Å². The molecule has 0 saturated heterocycles. The van der Waals surface area contributed by atoms with Crippen molar-refractivity contribution in [2.75, 3.05) is 19.8 Å². The van der Waals surface area contributed by atoms with Crippen LogP contribution in [-0.4, -0.2) is 30.8 Å². The summed E-state index contributed by atoms with van der Waals surface area (Å²) in [5, 5.41) is 9.37. The normalized spacial score (nSPS) is 15.4. The molecule has 5 nitrogen and oxygen atoms in total. The fourth-order valence-corrected chi connectivity index (χ4v) is 1.99. The number of nitrogens with two attached hydrogens (primary N) is 1. The van der Waals surface area contributed by atoms with Gasteiger partial charge in [0.25, 0.3) is 0 Å². The van der Waals surface area contributed by atoms with Crippen molar-refractivity contribution in [2.24, 2.45) is 5.73 Å². The van der Waals surface area contributed by atoms with Crippen LogP contribution in [0.15, 0.2) is 12.1 Å². The van der Waals surface area contributed by atoms with Crippen LogP contribution in [0.3, 0.4) is 0 Å². The minimum atomic E-state index is -1.01. The Morgan fingerprint density at radius 3 is 2.53 bits per heavy atom. The van der Waals surface area contributed by atoms with Gasteiger partial charge in [0.2, 0.25) is 0 Å². The lowest BCUT2D eigenvalue weighted by molar-refractivity contribution is -0.138. The average molecular weight is 258 g/mol. The van der Waals surface area contributed by atoms with Gasteiger partial charge in [0.05, 0.1) is 5.92 Å². The van der Waals surface area contributed by atoms with Gasteiger partial charge in [0.15, 0.2) is 11.5 Å². The van der Waals surface area contributed by atoms with Gasteiger partial charge in [0, 0.05) is 17.6 Å². The molecule has 1 aromatic carbocycles. The lowest BCUT2D eigenvalue weighted by Gasteiger charge is -2.21. The van der Waals surface area contributed by atoms with E-state index in [1.165, 1.54) is 0 Å². The summed E-state index contributed by atoms with van der Waals surface area (Å²) >= 11 is 6.02. The fourth-order valence-electron chi connectivity index (χ4n) is 1.71. The summed E-state index contributed by atoms with van der Waals surface area (Å²) in [5.41, 5.74) is 5.89. The van der Waals surface area contributed by atoms with Gasteiger partial charge in [-0.25, -0.2) is 0 Å². The lowest BCUT2D eigenvalue weighted by atomic mass is 9.98. The number of carboxylic acid groups (broad SMARTS) is 1. The molecule has 1 atom stereocenters. The molecule has 0 spiro atoms. The van der Waals surface area contributed by atoms with E-state index in [1.807, 2.05) is 0 Å². The Kier molecular flexibility index (Phi) is 3.40. The van der Waals surface area contributed by atoms with Crippen LogP contribution < -0.4 is 15.2 Å². The zero-order chi connectivity index (χ0) is 12.4. The van der Waals surface area contributed by atoms with E-state index in [1.54, 1.807) is 12.1 Å². The SMILES string of the molecule is NCC(C(=O)O)c1cc2c(cc1Cl)OCCO2. The number of hydrogen-bond donors (Lipinski definition) is 2. The second kappa shape index (κ2) is 4.81. The third kappa shape index (κ3) is 2.30. The summed E-state index contributed by atoms with van der Waals surface area (Å²) in [6.07, 6.45) is 0. The van der Waals surface area contributed by atoms with E-state index < -0.39 is 11.9 Å². The monoisotopic (exact) mass is 257 g/mol. The number of hydrogen-bond acceptors (Lipinski definition) is 4. The van der Waals surface area contributed by atoms with E-state index in [-0.39, 0.29) is 6.54 Å². The molecule has 1 aliphatic rings. The highest BCUT2D eigenvalue weighted by molar-refractivity contribution is 6.31. The molecule has 1 unspecified atom stereocenters. The van der Waals surface area contributed by atoms with Crippen LogP contribution in [0.1, 0.15) is 11.5 Å². The molecule has 0 fully saturated rings. The molecule has 0 aliphatic carbocycles. The van der Waals surface area contributed by atoms with Crippen LogP contribution in [0.4, 0.5) is 0 Å². The van der Waals surface area contributed by atoms with Crippen molar-refractivity contribution < 1.29 is 19.4 Å². The molecule has 92 valence electrons. The Balaban J connectivity index is 2.43. The van der Waals surface area contributed by atoms with Crippen molar-refractivity contribution in [1.29, 1.82) is 0 Å². The first-order chi connectivity index (χ1) is 8.13. The van der Waals surface area contributed by atoms with Crippen LogP contribution in [0.2, 0.25) is 5.02 Å². The van der Waals surface area contributed by atoms with E-state index in [9.17, 15) is 4.79 Å². The molecular formula is C11H12ClNO4. The van der Waals surface area contributed by atoms with Crippen molar-refractivity contribution >= 4 is 17.6 Å². The van der Waals surface area contributed by atoms with Gasteiger partial charge in [-0.1, -0.05) is 11.6 Å². The van der Waals surface area contributed by atoms with E-state index in [0.29, 0.717) is 35.3 Å². The number of halogens is 1. The Morgan fingerprint density at radius 1 is 1.41 bits per heavy atom. The highest BCUT2D eigenvalue weighted by atomic mass is 35.5. The van der Waals surface area contributed by atoms with Gasteiger partial charge >= 0.3 is 5.97 Å². The molecule has 6 heteroatoms. The van der Waals surface area contributed by atoms with Crippen LogP contribution >= 0.6 is 11.6 Å². The smallest absolute Gasteiger partial charge is 0.312 e. The lowest BCUT2D eigenvalue weighted by Crippen LogP contribution is -2.22. The first-order valence-electron chi connectivity index (χ1n) is 5.15. The maximum absolute atomic E-state index is 11.0. The summed E-state index contributed by atoms with van der Waals surface area (Å²) in [6, 6.07) is 3.15. The number of benzene rings is 1. The molecule has 2 rings (SSSR count). The topological polar surface area (TPSA) is 81.8 Å². The summed E-state index contributed by atoms with van der Waals surface area (Å²) in [6.45, 7) is 0.880. The Labute approximate surface area is 103 Å². The highest BCUT2D eigenvalue weighted by Gasteiger charge is 2.24. The van der Waals surface area contributed by atoms with Crippen LogP contribution in [0, 0.1) is 0 Å². The first kappa shape index (κ1) is 12.0. The minimum absolute atomic E-state index is 0.0191. The average Bonchev–Trinajstić information content (AvgIpc) is 2.30. The van der Waals surface area contributed by atoms with E-state index >= 15 is 0 Å². The second-order valence-electron chi connectivity index (χ2n) is 3.64. The zero-order valence-corrected chi connectivity index (χ0v) is 9.74. The maximum atomic E-state index is 11.0. The van der Waals surface area contributed by atoms with Gasteiger partial charge in [-0.2, -0.15) is 0 Å². The van der Waals surface area contributed by atoms with E-state index in [4.69, 9.17) is 31.9 Å². The Bertz CT molecular complexity index is 449. The number of ether oxygens (including phenoxy) is 2. The molecule has 0 bridgehead atoms. The number of carbonyl (C=O) groups is 1. The largest absolute Gasteiger partial charge is 0.486 e. The molecular weight excluding hydrogens is 246 g/mol. The molecule has 1 heterocycles. The number of aliphatic carboxylic acids is 1. The van der Waals surface area contributed by atoms with Crippen LogP contribution in [0.5, 0.6) is 11.5 Å².